The average molecular weight is 175 g/mol. The molecule has 0 fully saturated rings. The molecule has 0 aliphatic rings. The van der Waals surface area contributed by atoms with E-state index in [-0.39, 0.29) is 6.10 Å². The highest BCUT2D eigenvalue weighted by atomic mass is 16.3. The predicted octanol–water partition coefficient (Wildman–Crippen LogP) is 2.23. The molecular weight excluding hydrogens is 162 g/mol. The Balaban J connectivity index is 2.66. The minimum Gasteiger partial charge on any atom is -0.389 e. The number of hydrogen-bond donors (Lipinski definition) is 1. The van der Waals surface area contributed by atoms with Crippen LogP contribution in [-0.4, -0.2) is 9.67 Å². The van der Waals surface area contributed by atoms with Gasteiger partial charge < -0.3 is 9.67 Å². The van der Waals surface area contributed by atoms with Gasteiger partial charge in [-0.2, -0.15) is 0 Å². The quantitative estimate of drug-likeness (QED) is 0.706. The van der Waals surface area contributed by atoms with Crippen LogP contribution in [-0.2, 0) is 7.05 Å². The normalized spacial score (nSPS) is 13.5. The lowest BCUT2D eigenvalue weighted by Gasteiger charge is -2.05. The van der Waals surface area contributed by atoms with Gasteiger partial charge in [-0.3, -0.25) is 0 Å². The lowest BCUT2D eigenvalue weighted by molar-refractivity contribution is 0.199. The van der Waals surface area contributed by atoms with Crippen LogP contribution in [0.2, 0.25) is 0 Å². The van der Waals surface area contributed by atoms with E-state index in [4.69, 9.17) is 0 Å². The molecule has 2 heteroatoms. The molecule has 1 aromatic carbocycles. The van der Waals surface area contributed by atoms with E-state index in [1.807, 2.05) is 31.4 Å². The third-order valence-electron chi connectivity index (χ3n) is 2.39. The van der Waals surface area contributed by atoms with E-state index in [1.165, 1.54) is 10.9 Å². The highest BCUT2D eigenvalue weighted by Crippen LogP contribution is 2.20. The molecule has 13 heavy (non-hydrogen) atoms. The molecule has 2 nitrogen and oxygen atoms in total. The molecule has 0 bridgehead atoms. The van der Waals surface area contributed by atoms with Crippen LogP contribution >= 0.6 is 0 Å². The van der Waals surface area contributed by atoms with Gasteiger partial charge in [0, 0.05) is 18.8 Å². The maximum Gasteiger partial charge on any atom is 0.0762 e. The molecule has 1 atom stereocenters. The monoisotopic (exact) mass is 175 g/mol. The Kier molecular flexibility index (Phi) is 1.85. The first-order valence-electron chi connectivity index (χ1n) is 4.41. The molecule has 0 radical (unpaired) electrons. The van der Waals surface area contributed by atoms with Crippen LogP contribution in [0, 0.1) is 0 Å². The Labute approximate surface area is 77.4 Å². The molecule has 1 heterocycles. The summed E-state index contributed by atoms with van der Waals surface area (Å²) < 4.78 is 2.06. The third-order valence-corrected chi connectivity index (χ3v) is 2.39. The minimum absolute atomic E-state index is 0.390. The van der Waals surface area contributed by atoms with Gasteiger partial charge in [0.2, 0.25) is 0 Å². The smallest absolute Gasteiger partial charge is 0.0762 e. The molecule has 0 aliphatic carbocycles. The molecule has 1 aromatic heterocycles. The van der Waals surface area contributed by atoms with Gasteiger partial charge in [-0.15, -0.1) is 0 Å². The SMILES string of the molecule is C[C@H](O)c1ccc2ccn(C)c2c1. The van der Waals surface area contributed by atoms with Gasteiger partial charge in [0.05, 0.1) is 6.10 Å². The summed E-state index contributed by atoms with van der Waals surface area (Å²) in [7, 11) is 2.01. The third kappa shape index (κ3) is 1.33. The minimum atomic E-state index is -0.390. The largest absolute Gasteiger partial charge is 0.389 e. The summed E-state index contributed by atoms with van der Waals surface area (Å²) in [6.07, 6.45) is 1.63. The number of benzene rings is 1. The lowest BCUT2D eigenvalue weighted by atomic mass is 10.1. The zero-order valence-corrected chi connectivity index (χ0v) is 7.86. The summed E-state index contributed by atoms with van der Waals surface area (Å²) >= 11 is 0. The number of fused-ring (bicyclic) bond motifs is 1. The van der Waals surface area contributed by atoms with E-state index in [0.29, 0.717) is 0 Å². The van der Waals surface area contributed by atoms with Crippen LogP contribution in [0.15, 0.2) is 30.5 Å². The first-order chi connectivity index (χ1) is 6.18. The Hall–Kier alpha value is -1.28. The van der Waals surface area contributed by atoms with Gasteiger partial charge in [-0.05, 0) is 30.0 Å². The second-order valence-electron chi connectivity index (χ2n) is 3.42. The Morgan fingerprint density at radius 1 is 1.31 bits per heavy atom. The highest BCUT2D eigenvalue weighted by Gasteiger charge is 2.03. The molecule has 0 aliphatic heterocycles. The van der Waals surface area contributed by atoms with Crippen molar-refractivity contribution in [2.75, 3.05) is 0 Å². The van der Waals surface area contributed by atoms with Crippen LogP contribution in [0.5, 0.6) is 0 Å². The van der Waals surface area contributed by atoms with Crippen molar-refractivity contribution in [3.8, 4) is 0 Å². The van der Waals surface area contributed by atoms with E-state index in [0.717, 1.165) is 5.56 Å². The Morgan fingerprint density at radius 3 is 2.77 bits per heavy atom. The standard InChI is InChI=1S/C11H13NO/c1-8(13)10-4-3-9-5-6-12(2)11(9)7-10/h3-8,13H,1-2H3/t8-/m0/s1. The molecule has 68 valence electrons. The summed E-state index contributed by atoms with van der Waals surface area (Å²) in [6.45, 7) is 1.78. The highest BCUT2D eigenvalue weighted by molar-refractivity contribution is 5.80. The zero-order valence-electron chi connectivity index (χ0n) is 7.86. The van der Waals surface area contributed by atoms with Gasteiger partial charge in [0.1, 0.15) is 0 Å². The number of nitrogens with zero attached hydrogens (tertiary/aromatic N) is 1. The molecule has 0 saturated carbocycles. The van der Waals surface area contributed by atoms with Gasteiger partial charge in [-0.1, -0.05) is 12.1 Å². The number of hydrogen-bond acceptors (Lipinski definition) is 1. The number of aliphatic hydroxyl groups excluding tert-OH is 1. The second-order valence-corrected chi connectivity index (χ2v) is 3.42. The van der Waals surface area contributed by atoms with E-state index in [9.17, 15) is 5.11 Å². The van der Waals surface area contributed by atoms with Crippen LogP contribution in [0.25, 0.3) is 10.9 Å². The van der Waals surface area contributed by atoms with Crippen molar-refractivity contribution in [3.05, 3.63) is 36.0 Å². The maximum atomic E-state index is 9.40. The number of aryl methyl sites for hydroxylation is 1. The fourth-order valence-electron chi connectivity index (χ4n) is 1.54. The van der Waals surface area contributed by atoms with Crippen molar-refractivity contribution in [2.45, 2.75) is 13.0 Å². The molecule has 0 saturated heterocycles. The second kappa shape index (κ2) is 2.89. The zero-order chi connectivity index (χ0) is 9.42. The Morgan fingerprint density at radius 2 is 2.08 bits per heavy atom. The summed E-state index contributed by atoms with van der Waals surface area (Å²) in [5.41, 5.74) is 2.13. The van der Waals surface area contributed by atoms with Gasteiger partial charge in [-0.25, -0.2) is 0 Å². The fourth-order valence-corrected chi connectivity index (χ4v) is 1.54. The first kappa shape index (κ1) is 8.32. The predicted molar refractivity (Wildman–Crippen MR) is 53.6 cm³/mol. The Bertz CT molecular complexity index is 429. The first-order valence-corrected chi connectivity index (χ1v) is 4.41. The molecular formula is C11H13NO. The molecule has 0 unspecified atom stereocenters. The average Bonchev–Trinajstić information content (AvgIpc) is 2.47. The van der Waals surface area contributed by atoms with Crippen LogP contribution in [0.4, 0.5) is 0 Å². The van der Waals surface area contributed by atoms with E-state index in [1.54, 1.807) is 6.92 Å². The number of rotatable bonds is 1. The summed E-state index contributed by atoms with van der Waals surface area (Å²) in [5, 5.41) is 10.6. The summed E-state index contributed by atoms with van der Waals surface area (Å²) in [4.78, 5) is 0. The van der Waals surface area contributed by atoms with Crippen molar-refractivity contribution in [3.63, 3.8) is 0 Å². The molecule has 2 aromatic rings. The van der Waals surface area contributed by atoms with Crippen molar-refractivity contribution >= 4 is 10.9 Å². The van der Waals surface area contributed by atoms with Crippen LogP contribution in [0.3, 0.4) is 0 Å². The molecule has 0 spiro atoms. The number of aliphatic hydroxyl groups is 1. The molecule has 1 N–H and O–H groups in total. The van der Waals surface area contributed by atoms with Gasteiger partial charge >= 0.3 is 0 Å². The maximum absolute atomic E-state index is 9.40. The van der Waals surface area contributed by atoms with Crippen LogP contribution < -0.4 is 0 Å². The number of aromatic nitrogens is 1. The fraction of sp³-hybridized carbons (Fsp3) is 0.273. The van der Waals surface area contributed by atoms with Gasteiger partial charge in [0.15, 0.2) is 0 Å². The lowest BCUT2D eigenvalue weighted by Crippen LogP contribution is -1.91. The van der Waals surface area contributed by atoms with Crippen molar-refractivity contribution in [1.82, 2.24) is 4.57 Å². The summed E-state index contributed by atoms with van der Waals surface area (Å²) in [6, 6.07) is 8.10. The van der Waals surface area contributed by atoms with E-state index >= 15 is 0 Å². The topological polar surface area (TPSA) is 25.2 Å². The molecule has 0 amide bonds. The van der Waals surface area contributed by atoms with Crippen molar-refractivity contribution in [2.24, 2.45) is 7.05 Å². The van der Waals surface area contributed by atoms with E-state index in [2.05, 4.69) is 10.6 Å². The van der Waals surface area contributed by atoms with Crippen LogP contribution in [0.1, 0.15) is 18.6 Å². The van der Waals surface area contributed by atoms with Crippen molar-refractivity contribution < 1.29 is 5.11 Å². The van der Waals surface area contributed by atoms with Gasteiger partial charge in [0.25, 0.3) is 0 Å². The molecule has 2 rings (SSSR count). The van der Waals surface area contributed by atoms with E-state index < -0.39 is 0 Å². The summed E-state index contributed by atoms with van der Waals surface area (Å²) in [5.74, 6) is 0. The van der Waals surface area contributed by atoms with Crippen molar-refractivity contribution in [1.29, 1.82) is 0 Å².